The molecule has 0 saturated carbocycles. The van der Waals surface area contributed by atoms with E-state index in [0.29, 0.717) is 5.92 Å². The molecule has 0 aliphatic rings. The predicted octanol–water partition coefficient (Wildman–Crippen LogP) is 9.11. The zero-order valence-corrected chi connectivity index (χ0v) is 20.8. The number of hydrogen-bond acceptors (Lipinski definition) is 6. The van der Waals surface area contributed by atoms with Gasteiger partial charge in [0.15, 0.2) is 0 Å². The summed E-state index contributed by atoms with van der Waals surface area (Å²) in [7, 11) is 0. The first-order valence-electron chi connectivity index (χ1n) is 9.72. The van der Waals surface area contributed by atoms with Crippen LogP contribution >= 0.6 is 45.3 Å². The molecule has 0 N–H and O–H groups in total. The molecule has 0 amide bonds. The Labute approximate surface area is 207 Å². The van der Waals surface area contributed by atoms with E-state index in [-0.39, 0.29) is 11.4 Å². The van der Waals surface area contributed by atoms with Gasteiger partial charge in [-0.3, -0.25) is 0 Å². The summed E-state index contributed by atoms with van der Waals surface area (Å²) >= 11 is 6.66. The number of rotatable bonds is 5. The van der Waals surface area contributed by atoms with E-state index in [1.807, 2.05) is 24.3 Å². The summed E-state index contributed by atoms with van der Waals surface area (Å²) in [6, 6.07) is 14.4. The summed E-state index contributed by atoms with van der Waals surface area (Å²) in [5, 5.41) is 18.1. The zero-order valence-electron chi connectivity index (χ0n) is 17.5. The van der Waals surface area contributed by atoms with Crippen LogP contribution in [-0.2, 0) is 0 Å². The van der Waals surface area contributed by atoms with Crippen LogP contribution in [0.15, 0.2) is 41.7 Å². The highest BCUT2D eigenvalue weighted by Crippen LogP contribution is 2.46. The lowest BCUT2D eigenvalue weighted by molar-refractivity contribution is 0.870. The molecule has 158 valence electrons. The van der Waals surface area contributed by atoms with Crippen LogP contribution in [0.1, 0.15) is 35.1 Å². The van der Waals surface area contributed by atoms with Gasteiger partial charge in [0.2, 0.25) is 0 Å². The van der Waals surface area contributed by atoms with Crippen molar-refractivity contribution in [2.45, 2.75) is 19.8 Å². The maximum absolute atomic E-state index is 9.14. The molecule has 0 atom stereocenters. The molecule has 0 spiro atoms. The fourth-order valence-corrected chi connectivity index (χ4v) is 7.93. The normalized spacial score (nSPS) is 11.8. The number of hydrogen-bond donors (Lipinski definition) is 0. The van der Waals surface area contributed by atoms with Crippen molar-refractivity contribution in [1.82, 2.24) is 0 Å². The number of fused-ring (bicyclic) bond motifs is 1. The highest BCUT2D eigenvalue weighted by molar-refractivity contribution is 7.33. The van der Waals surface area contributed by atoms with E-state index in [1.54, 1.807) is 57.5 Å². The van der Waals surface area contributed by atoms with Gasteiger partial charge in [-0.1, -0.05) is 13.8 Å². The van der Waals surface area contributed by atoms with Gasteiger partial charge in [-0.2, -0.15) is 0 Å². The Bertz CT molecular complexity index is 1530. The first-order chi connectivity index (χ1) is 15.9. The summed E-state index contributed by atoms with van der Waals surface area (Å²) < 4.78 is 2.43. The minimum Gasteiger partial charge on any atom is -0.227 e. The van der Waals surface area contributed by atoms with E-state index in [0.717, 1.165) is 25.1 Å². The third kappa shape index (κ3) is 4.67. The van der Waals surface area contributed by atoms with Crippen LogP contribution in [0.3, 0.4) is 0 Å². The van der Waals surface area contributed by atoms with Crippen LogP contribution in [0, 0.1) is 35.8 Å². The van der Waals surface area contributed by atoms with Gasteiger partial charge < -0.3 is 0 Å². The van der Waals surface area contributed by atoms with Crippen molar-refractivity contribution in [3.8, 4) is 31.6 Å². The van der Waals surface area contributed by atoms with Crippen molar-refractivity contribution in [2.75, 3.05) is 0 Å². The maximum Gasteiger partial charge on any atom is 0.263 e. The smallest absolute Gasteiger partial charge is 0.227 e. The third-order valence-corrected chi connectivity index (χ3v) is 9.56. The Kier molecular flexibility index (Phi) is 6.57. The van der Waals surface area contributed by atoms with E-state index >= 15 is 0 Å². The standard InChI is InChI=1S/C25H14N4S4/c1-14(2)18-9-21(31-20(18)8-16(13-27)29-4)23-11-25-24(33-23)10-22(32-25)19-6-5-17(30-19)7-15(12-26)28-3/h5-11,14H,1-2H3/b15-7-,16-8+. The topological polar surface area (TPSA) is 56.3 Å². The average Bonchev–Trinajstić information content (AvgIpc) is 3.57. The summed E-state index contributed by atoms with van der Waals surface area (Å²) in [4.78, 5) is 13.0. The van der Waals surface area contributed by atoms with Crippen LogP contribution in [0.25, 0.3) is 50.8 Å². The lowest BCUT2D eigenvalue weighted by Gasteiger charge is -2.02. The van der Waals surface area contributed by atoms with E-state index in [2.05, 4.69) is 41.7 Å². The second-order valence-corrected chi connectivity index (χ2v) is 11.6. The van der Waals surface area contributed by atoms with E-state index in [9.17, 15) is 0 Å². The minimum absolute atomic E-state index is 0.0874. The van der Waals surface area contributed by atoms with Crippen LogP contribution in [0.2, 0.25) is 0 Å². The molecule has 4 aromatic heterocycles. The van der Waals surface area contributed by atoms with Gasteiger partial charge in [-0.25, -0.2) is 20.2 Å². The molecule has 0 radical (unpaired) electrons. The molecule has 0 aliphatic heterocycles. The number of thiophene rings is 4. The fraction of sp³-hybridized carbons (Fsp3) is 0.120. The molecule has 0 saturated heterocycles. The number of allylic oxidation sites excluding steroid dienone is 2. The molecule has 0 fully saturated rings. The van der Waals surface area contributed by atoms with Gasteiger partial charge in [0.1, 0.15) is 0 Å². The monoisotopic (exact) mass is 498 g/mol. The molecule has 0 aromatic carbocycles. The largest absolute Gasteiger partial charge is 0.263 e. The Hall–Kier alpha value is -3.50. The summed E-state index contributed by atoms with van der Waals surface area (Å²) in [6.45, 7) is 18.4. The van der Waals surface area contributed by atoms with Crippen LogP contribution in [-0.4, -0.2) is 0 Å². The summed E-state index contributed by atoms with van der Waals surface area (Å²) in [6.07, 6.45) is 3.31. The van der Waals surface area contributed by atoms with Crippen LogP contribution in [0.5, 0.6) is 0 Å². The van der Waals surface area contributed by atoms with E-state index < -0.39 is 0 Å². The maximum atomic E-state index is 9.14. The lowest BCUT2D eigenvalue weighted by atomic mass is 10.0. The van der Waals surface area contributed by atoms with Crippen molar-refractivity contribution in [1.29, 1.82) is 10.5 Å². The fourth-order valence-electron chi connectivity index (χ4n) is 3.18. The van der Waals surface area contributed by atoms with Gasteiger partial charge >= 0.3 is 0 Å². The Morgan fingerprint density at radius 3 is 1.97 bits per heavy atom. The van der Waals surface area contributed by atoms with Gasteiger partial charge in [0.25, 0.3) is 11.4 Å². The Morgan fingerprint density at radius 1 is 0.818 bits per heavy atom. The first-order valence-corrected chi connectivity index (χ1v) is 13.0. The van der Waals surface area contributed by atoms with Gasteiger partial charge in [0, 0.05) is 38.7 Å². The van der Waals surface area contributed by atoms with Gasteiger partial charge in [-0.05, 0) is 54.0 Å². The van der Waals surface area contributed by atoms with Crippen molar-refractivity contribution in [3.63, 3.8) is 0 Å². The first kappa shape index (κ1) is 22.7. The average molecular weight is 499 g/mol. The molecule has 4 aromatic rings. The van der Waals surface area contributed by atoms with Gasteiger partial charge in [0.05, 0.1) is 25.3 Å². The third-order valence-electron chi connectivity index (χ3n) is 4.75. The minimum atomic E-state index is 0.0874. The highest BCUT2D eigenvalue weighted by atomic mass is 32.1. The highest BCUT2D eigenvalue weighted by Gasteiger charge is 2.16. The SMILES string of the molecule is [C-]#[N+]/C(C#N)=C\c1ccc(-c2cc3sc(-c4cc(C(C)C)c(/C=C(\C#N)[N+]#[C-])s4)cc3s2)s1. The Balaban J connectivity index is 1.67. The molecule has 0 bridgehead atoms. The predicted molar refractivity (Wildman–Crippen MR) is 141 cm³/mol. The molecule has 4 heterocycles. The molecule has 0 unspecified atom stereocenters. The molecule has 4 rings (SSSR count). The van der Waals surface area contributed by atoms with Crippen LogP contribution < -0.4 is 0 Å². The van der Waals surface area contributed by atoms with Crippen molar-refractivity contribution >= 4 is 66.9 Å². The second kappa shape index (κ2) is 9.55. The molecular weight excluding hydrogens is 485 g/mol. The molecule has 33 heavy (non-hydrogen) atoms. The van der Waals surface area contributed by atoms with Crippen LogP contribution in [0.4, 0.5) is 0 Å². The number of nitrogens with zero attached hydrogens (tertiary/aromatic N) is 4. The Morgan fingerprint density at radius 2 is 1.39 bits per heavy atom. The zero-order chi connectivity index (χ0) is 23.5. The number of nitriles is 2. The molecule has 8 heteroatoms. The van der Waals surface area contributed by atoms with Gasteiger partial charge in [-0.15, -0.1) is 45.3 Å². The molecular formula is C25H14N4S4. The quantitative estimate of drug-likeness (QED) is 0.203. The van der Waals surface area contributed by atoms with Crippen molar-refractivity contribution in [3.05, 3.63) is 79.9 Å². The summed E-state index contributed by atoms with van der Waals surface area (Å²) in [5.41, 5.74) is 1.34. The van der Waals surface area contributed by atoms with E-state index in [1.165, 1.54) is 19.2 Å². The summed E-state index contributed by atoms with van der Waals surface area (Å²) in [5.74, 6) is 0.297. The molecule has 0 aliphatic carbocycles. The van der Waals surface area contributed by atoms with Crippen molar-refractivity contribution in [2.24, 2.45) is 0 Å². The van der Waals surface area contributed by atoms with E-state index in [4.69, 9.17) is 23.7 Å². The second-order valence-electron chi connectivity index (χ2n) is 7.24. The lowest BCUT2D eigenvalue weighted by Crippen LogP contribution is -1.85. The van der Waals surface area contributed by atoms with Crippen molar-refractivity contribution < 1.29 is 0 Å². The molecule has 4 nitrogen and oxygen atoms in total.